The molecule has 3 aromatic rings. The Labute approximate surface area is 199 Å². The fourth-order valence-electron chi connectivity index (χ4n) is 3.96. The van der Waals surface area contributed by atoms with Crippen molar-refractivity contribution in [2.24, 2.45) is 0 Å². The first-order valence-electron chi connectivity index (χ1n) is 11.3. The van der Waals surface area contributed by atoms with Crippen LogP contribution in [0.2, 0.25) is 0 Å². The summed E-state index contributed by atoms with van der Waals surface area (Å²) in [4.78, 5) is 27.2. The third-order valence-electron chi connectivity index (χ3n) is 5.95. The Morgan fingerprint density at radius 1 is 0.882 bits per heavy atom. The van der Waals surface area contributed by atoms with Crippen molar-refractivity contribution in [1.82, 2.24) is 10.2 Å². The smallest absolute Gasteiger partial charge is 0.410 e. The summed E-state index contributed by atoms with van der Waals surface area (Å²) in [5, 5.41) is 14.4. The van der Waals surface area contributed by atoms with E-state index in [0.29, 0.717) is 37.2 Å². The Balaban J connectivity index is 1.36. The van der Waals surface area contributed by atoms with Crippen LogP contribution in [0.4, 0.5) is 4.79 Å². The van der Waals surface area contributed by atoms with Gasteiger partial charge in [0.05, 0.1) is 0 Å². The van der Waals surface area contributed by atoms with E-state index in [1.807, 2.05) is 48.5 Å². The van der Waals surface area contributed by atoms with E-state index in [0.717, 1.165) is 11.1 Å². The summed E-state index contributed by atoms with van der Waals surface area (Å²) < 4.78 is 5.40. The Bertz CT molecular complexity index is 1090. The van der Waals surface area contributed by atoms with Gasteiger partial charge in [-0.1, -0.05) is 103 Å². The van der Waals surface area contributed by atoms with E-state index in [4.69, 9.17) is 4.74 Å². The second-order valence-corrected chi connectivity index (χ2v) is 8.22. The number of rotatable bonds is 7. The number of nitrogens with zero attached hydrogens (tertiary/aromatic N) is 1. The predicted molar refractivity (Wildman–Crippen MR) is 130 cm³/mol. The minimum absolute atomic E-state index is 0.236. The molecule has 0 atom stereocenters. The first-order chi connectivity index (χ1) is 16.6. The normalized spacial score (nSPS) is 13.7. The highest BCUT2D eigenvalue weighted by molar-refractivity contribution is 5.90. The van der Waals surface area contributed by atoms with Gasteiger partial charge in [-0.25, -0.2) is 4.79 Å². The minimum Gasteiger partial charge on any atom is -0.445 e. The molecule has 0 aliphatic carbocycles. The number of carbonyl (C=O) groups is 2. The summed E-state index contributed by atoms with van der Waals surface area (Å²) in [7, 11) is 0. The number of hydrogen-bond acceptors (Lipinski definition) is 4. The molecule has 0 spiro atoms. The van der Waals surface area contributed by atoms with Gasteiger partial charge in [0.2, 0.25) is 0 Å². The van der Waals surface area contributed by atoms with Crippen LogP contribution in [-0.4, -0.2) is 41.6 Å². The summed E-state index contributed by atoms with van der Waals surface area (Å²) in [6.45, 7) is 1.46. The van der Waals surface area contributed by atoms with Gasteiger partial charge >= 0.3 is 6.09 Å². The molecule has 0 fully saturated rings. The predicted octanol–water partition coefficient (Wildman–Crippen LogP) is 4.01. The van der Waals surface area contributed by atoms with E-state index < -0.39 is 11.5 Å². The van der Waals surface area contributed by atoms with E-state index in [1.54, 1.807) is 53.4 Å². The van der Waals surface area contributed by atoms with E-state index in [2.05, 4.69) is 5.32 Å². The van der Waals surface area contributed by atoms with Crippen molar-refractivity contribution in [3.8, 4) is 0 Å². The van der Waals surface area contributed by atoms with Crippen molar-refractivity contribution < 1.29 is 19.4 Å². The van der Waals surface area contributed by atoms with Crippen molar-refractivity contribution in [2.45, 2.75) is 18.6 Å². The molecular weight excluding hydrogens is 428 g/mol. The molecule has 6 heteroatoms. The lowest BCUT2D eigenvalue weighted by molar-refractivity contribution is -0.136. The van der Waals surface area contributed by atoms with Gasteiger partial charge in [0.15, 0.2) is 5.60 Å². The first kappa shape index (κ1) is 23.3. The van der Waals surface area contributed by atoms with Crippen molar-refractivity contribution in [2.75, 3.05) is 19.6 Å². The maximum absolute atomic E-state index is 13.2. The highest BCUT2D eigenvalue weighted by Crippen LogP contribution is 2.30. The largest absolute Gasteiger partial charge is 0.445 e. The molecule has 34 heavy (non-hydrogen) atoms. The van der Waals surface area contributed by atoms with Crippen LogP contribution in [0, 0.1) is 0 Å². The van der Waals surface area contributed by atoms with E-state index in [-0.39, 0.29) is 12.7 Å². The lowest BCUT2D eigenvalue weighted by Gasteiger charge is -2.29. The third kappa shape index (κ3) is 5.35. The molecule has 0 saturated carbocycles. The summed E-state index contributed by atoms with van der Waals surface area (Å²) in [5.74, 6) is -0.490. The lowest BCUT2D eigenvalue weighted by Crippen LogP contribution is -2.46. The van der Waals surface area contributed by atoms with Gasteiger partial charge in [-0.05, 0) is 23.1 Å². The van der Waals surface area contributed by atoms with Crippen LogP contribution < -0.4 is 5.32 Å². The van der Waals surface area contributed by atoms with Crippen LogP contribution >= 0.6 is 0 Å². The quantitative estimate of drug-likeness (QED) is 0.527. The number of nitrogens with one attached hydrogen (secondary N) is 1. The van der Waals surface area contributed by atoms with Crippen LogP contribution in [0.1, 0.15) is 23.1 Å². The number of aliphatic hydroxyl groups is 1. The average Bonchev–Trinajstić information content (AvgIpc) is 2.91. The molecular formula is C28H28N2O4. The molecule has 0 bridgehead atoms. The molecule has 174 valence electrons. The Hall–Kier alpha value is -3.90. The Morgan fingerprint density at radius 2 is 1.44 bits per heavy atom. The zero-order valence-electron chi connectivity index (χ0n) is 18.9. The van der Waals surface area contributed by atoms with Crippen LogP contribution in [-0.2, 0) is 21.7 Å². The van der Waals surface area contributed by atoms with Gasteiger partial charge in [0.1, 0.15) is 6.61 Å². The molecule has 0 radical (unpaired) electrons. The van der Waals surface area contributed by atoms with Crippen molar-refractivity contribution in [1.29, 1.82) is 0 Å². The van der Waals surface area contributed by atoms with E-state index in [9.17, 15) is 14.7 Å². The zero-order chi connectivity index (χ0) is 23.8. The molecule has 1 aliphatic heterocycles. The van der Waals surface area contributed by atoms with Gasteiger partial charge in [-0.15, -0.1) is 0 Å². The number of carbonyl (C=O) groups excluding carboxylic acids is 2. The van der Waals surface area contributed by atoms with Crippen LogP contribution in [0.3, 0.4) is 0 Å². The fraction of sp³-hybridized carbons (Fsp3) is 0.214. The Kier molecular flexibility index (Phi) is 7.40. The average molecular weight is 457 g/mol. The van der Waals surface area contributed by atoms with Gasteiger partial charge in [-0.2, -0.15) is 0 Å². The van der Waals surface area contributed by atoms with Crippen LogP contribution in [0.15, 0.2) is 103 Å². The first-order valence-corrected chi connectivity index (χ1v) is 11.3. The van der Waals surface area contributed by atoms with Crippen LogP contribution in [0.5, 0.6) is 0 Å². The van der Waals surface area contributed by atoms with E-state index in [1.165, 1.54) is 0 Å². The second-order valence-electron chi connectivity index (χ2n) is 8.22. The van der Waals surface area contributed by atoms with Gasteiger partial charge in [0.25, 0.3) is 5.91 Å². The molecule has 2 N–H and O–H groups in total. The molecule has 0 unspecified atom stereocenters. The van der Waals surface area contributed by atoms with Gasteiger partial charge < -0.3 is 20.1 Å². The fourth-order valence-corrected chi connectivity index (χ4v) is 3.96. The molecule has 6 nitrogen and oxygen atoms in total. The molecule has 1 aliphatic rings. The number of hydrogen-bond donors (Lipinski definition) is 2. The molecule has 1 heterocycles. The maximum atomic E-state index is 13.2. The lowest BCUT2D eigenvalue weighted by atomic mass is 9.85. The van der Waals surface area contributed by atoms with Crippen LogP contribution in [0.25, 0.3) is 0 Å². The molecule has 3 aromatic carbocycles. The van der Waals surface area contributed by atoms with Gasteiger partial charge in [0, 0.05) is 19.6 Å². The van der Waals surface area contributed by atoms with Crippen molar-refractivity contribution >= 4 is 12.0 Å². The molecule has 4 rings (SSSR count). The van der Waals surface area contributed by atoms with Crippen molar-refractivity contribution in [3.05, 3.63) is 119 Å². The van der Waals surface area contributed by atoms with Gasteiger partial charge in [-0.3, -0.25) is 4.79 Å². The highest BCUT2D eigenvalue weighted by Gasteiger charge is 2.39. The monoisotopic (exact) mass is 456 g/mol. The SMILES string of the molecule is O=C(OCc1ccccc1)N1CC=C(CNC(=O)C(O)(c2ccccc2)c2ccccc2)CC1. The van der Waals surface area contributed by atoms with E-state index >= 15 is 0 Å². The third-order valence-corrected chi connectivity index (χ3v) is 5.95. The number of ether oxygens (including phenoxy) is 1. The summed E-state index contributed by atoms with van der Waals surface area (Å²) in [6, 6.07) is 27.4. The second kappa shape index (κ2) is 10.8. The standard InChI is InChI=1S/C28H28N2O4/c31-26(28(33,24-12-6-2-7-13-24)25-14-8-3-9-15-25)29-20-22-16-18-30(19-17-22)27(32)34-21-23-10-4-1-5-11-23/h1-16,33H,17-21H2,(H,29,31). The summed E-state index contributed by atoms with van der Waals surface area (Å²) in [6.07, 6.45) is 2.19. The Morgan fingerprint density at radius 3 is 1.97 bits per heavy atom. The minimum atomic E-state index is -1.80. The molecule has 2 amide bonds. The molecule has 0 aromatic heterocycles. The highest BCUT2D eigenvalue weighted by atomic mass is 16.6. The topological polar surface area (TPSA) is 78.9 Å². The zero-order valence-corrected chi connectivity index (χ0v) is 18.9. The summed E-state index contributed by atoms with van der Waals surface area (Å²) >= 11 is 0. The number of amides is 2. The molecule has 0 saturated heterocycles. The van der Waals surface area contributed by atoms with Crippen molar-refractivity contribution in [3.63, 3.8) is 0 Å². The maximum Gasteiger partial charge on any atom is 0.410 e. The summed E-state index contributed by atoms with van der Waals surface area (Å²) in [5.41, 5.74) is 1.15. The number of benzene rings is 3.